The molecule has 0 spiro atoms. The molecule has 0 amide bonds. The predicted octanol–water partition coefficient (Wildman–Crippen LogP) is 1.32. The zero-order valence-electron chi connectivity index (χ0n) is 11.2. The van der Waals surface area contributed by atoms with Gasteiger partial charge in [0.1, 0.15) is 12.1 Å². The summed E-state index contributed by atoms with van der Waals surface area (Å²) in [6.45, 7) is 4.05. The van der Waals surface area contributed by atoms with Crippen molar-refractivity contribution in [1.82, 2.24) is 15.0 Å². The molecule has 104 valence electrons. The van der Waals surface area contributed by atoms with Crippen LogP contribution in [-0.2, 0) is 11.3 Å². The standard InChI is InChI=1S/C14H17N5O/c1-2-14(19-3-5-20-6-4-19)18-10-13(1)17-9-12-7-15-11-16-8-12/h1-2,7-8,10-11,17H,3-6,9H2. The Labute approximate surface area is 117 Å². The van der Waals surface area contributed by atoms with Crippen LogP contribution in [0.15, 0.2) is 37.1 Å². The third kappa shape index (κ3) is 3.21. The molecule has 20 heavy (non-hydrogen) atoms. The van der Waals surface area contributed by atoms with Crippen molar-refractivity contribution < 1.29 is 4.74 Å². The van der Waals surface area contributed by atoms with Gasteiger partial charge in [-0.15, -0.1) is 0 Å². The number of ether oxygens (including phenoxy) is 1. The molecule has 0 saturated carbocycles. The summed E-state index contributed by atoms with van der Waals surface area (Å²) in [6.07, 6.45) is 6.99. The Balaban J connectivity index is 1.58. The van der Waals surface area contributed by atoms with Gasteiger partial charge < -0.3 is 15.0 Å². The number of hydrogen-bond acceptors (Lipinski definition) is 6. The third-order valence-corrected chi connectivity index (χ3v) is 3.19. The lowest BCUT2D eigenvalue weighted by molar-refractivity contribution is 0.122. The van der Waals surface area contributed by atoms with Crippen LogP contribution in [0.5, 0.6) is 0 Å². The second-order valence-electron chi connectivity index (χ2n) is 4.60. The van der Waals surface area contributed by atoms with Crippen molar-refractivity contribution in [3.8, 4) is 0 Å². The monoisotopic (exact) mass is 271 g/mol. The van der Waals surface area contributed by atoms with Gasteiger partial charge in [-0.3, -0.25) is 0 Å². The summed E-state index contributed by atoms with van der Waals surface area (Å²) in [5, 5.41) is 3.31. The first-order valence-corrected chi connectivity index (χ1v) is 6.68. The fourth-order valence-corrected chi connectivity index (χ4v) is 2.10. The van der Waals surface area contributed by atoms with Crippen molar-refractivity contribution in [1.29, 1.82) is 0 Å². The van der Waals surface area contributed by atoms with E-state index in [4.69, 9.17) is 4.74 Å². The molecular formula is C14H17N5O. The number of hydrogen-bond donors (Lipinski definition) is 1. The Morgan fingerprint density at radius 2 is 1.90 bits per heavy atom. The van der Waals surface area contributed by atoms with Crippen molar-refractivity contribution in [3.05, 3.63) is 42.6 Å². The minimum atomic E-state index is 0.694. The maximum absolute atomic E-state index is 5.34. The van der Waals surface area contributed by atoms with Crippen molar-refractivity contribution in [2.75, 3.05) is 36.5 Å². The Hall–Kier alpha value is -2.21. The number of anilines is 2. The molecule has 1 saturated heterocycles. The first kappa shape index (κ1) is 12.8. The predicted molar refractivity (Wildman–Crippen MR) is 76.6 cm³/mol. The molecule has 0 radical (unpaired) electrons. The number of nitrogens with one attached hydrogen (secondary N) is 1. The van der Waals surface area contributed by atoms with E-state index in [-0.39, 0.29) is 0 Å². The average Bonchev–Trinajstić information content (AvgIpc) is 2.55. The van der Waals surface area contributed by atoms with Crippen molar-refractivity contribution in [3.63, 3.8) is 0 Å². The van der Waals surface area contributed by atoms with Crippen LogP contribution in [0, 0.1) is 0 Å². The molecule has 0 aliphatic carbocycles. The van der Waals surface area contributed by atoms with Gasteiger partial charge in [0.05, 0.1) is 25.1 Å². The van der Waals surface area contributed by atoms with Crippen LogP contribution in [0.2, 0.25) is 0 Å². The lowest BCUT2D eigenvalue weighted by Crippen LogP contribution is -2.36. The number of nitrogens with zero attached hydrogens (tertiary/aromatic N) is 4. The average molecular weight is 271 g/mol. The summed E-state index contributed by atoms with van der Waals surface area (Å²) in [5.41, 5.74) is 2.04. The number of morpholine rings is 1. The molecular weight excluding hydrogens is 254 g/mol. The molecule has 1 aliphatic rings. The molecule has 2 aromatic rings. The van der Waals surface area contributed by atoms with E-state index in [1.165, 1.54) is 6.33 Å². The van der Waals surface area contributed by atoms with Crippen molar-refractivity contribution in [2.24, 2.45) is 0 Å². The molecule has 2 aromatic heterocycles. The smallest absolute Gasteiger partial charge is 0.128 e. The van der Waals surface area contributed by atoms with Gasteiger partial charge in [0.25, 0.3) is 0 Å². The van der Waals surface area contributed by atoms with E-state index in [2.05, 4.69) is 25.2 Å². The highest BCUT2D eigenvalue weighted by atomic mass is 16.5. The Kier molecular flexibility index (Phi) is 4.03. The van der Waals surface area contributed by atoms with Gasteiger partial charge in [-0.25, -0.2) is 15.0 Å². The quantitative estimate of drug-likeness (QED) is 0.905. The minimum absolute atomic E-state index is 0.694. The summed E-state index contributed by atoms with van der Waals surface area (Å²) < 4.78 is 5.34. The van der Waals surface area contributed by atoms with Crippen LogP contribution in [0.25, 0.3) is 0 Å². The first-order valence-electron chi connectivity index (χ1n) is 6.68. The van der Waals surface area contributed by atoms with E-state index < -0.39 is 0 Å². The normalized spacial score (nSPS) is 15.1. The topological polar surface area (TPSA) is 63.2 Å². The van der Waals surface area contributed by atoms with E-state index in [0.717, 1.165) is 43.4 Å². The van der Waals surface area contributed by atoms with Crippen LogP contribution >= 0.6 is 0 Å². The number of aromatic nitrogens is 3. The highest BCUT2D eigenvalue weighted by Crippen LogP contribution is 2.15. The Morgan fingerprint density at radius 3 is 2.60 bits per heavy atom. The van der Waals surface area contributed by atoms with Gasteiger partial charge in [0, 0.05) is 37.6 Å². The number of rotatable bonds is 4. The lowest BCUT2D eigenvalue weighted by atomic mass is 10.3. The highest BCUT2D eigenvalue weighted by Gasteiger charge is 2.11. The molecule has 0 aromatic carbocycles. The zero-order valence-corrected chi connectivity index (χ0v) is 11.2. The van der Waals surface area contributed by atoms with Gasteiger partial charge in [0.2, 0.25) is 0 Å². The van der Waals surface area contributed by atoms with Gasteiger partial charge in [0.15, 0.2) is 0 Å². The first-order chi connectivity index (χ1) is 9.92. The second-order valence-corrected chi connectivity index (χ2v) is 4.60. The maximum Gasteiger partial charge on any atom is 0.128 e. The van der Waals surface area contributed by atoms with Gasteiger partial charge in [-0.1, -0.05) is 0 Å². The van der Waals surface area contributed by atoms with E-state index in [0.29, 0.717) is 6.54 Å². The number of pyridine rings is 1. The molecule has 0 bridgehead atoms. The lowest BCUT2D eigenvalue weighted by Gasteiger charge is -2.27. The largest absolute Gasteiger partial charge is 0.380 e. The zero-order chi connectivity index (χ0) is 13.6. The second kappa shape index (κ2) is 6.29. The van der Waals surface area contributed by atoms with Crippen LogP contribution in [0.4, 0.5) is 11.5 Å². The maximum atomic E-state index is 5.34. The molecule has 1 N–H and O–H groups in total. The summed E-state index contributed by atoms with van der Waals surface area (Å²) in [4.78, 5) is 14.7. The summed E-state index contributed by atoms with van der Waals surface area (Å²) >= 11 is 0. The molecule has 6 nitrogen and oxygen atoms in total. The molecule has 3 heterocycles. The van der Waals surface area contributed by atoms with Crippen LogP contribution in [0.1, 0.15) is 5.56 Å². The van der Waals surface area contributed by atoms with E-state index >= 15 is 0 Å². The van der Waals surface area contributed by atoms with E-state index in [1.807, 2.05) is 18.3 Å². The molecule has 0 atom stereocenters. The Morgan fingerprint density at radius 1 is 1.10 bits per heavy atom. The van der Waals surface area contributed by atoms with Crippen LogP contribution in [0.3, 0.4) is 0 Å². The summed E-state index contributed by atoms with van der Waals surface area (Å²) in [7, 11) is 0. The Bertz CT molecular complexity index is 525. The molecule has 6 heteroatoms. The summed E-state index contributed by atoms with van der Waals surface area (Å²) in [6, 6.07) is 4.08. The van der Waals surface area contributed by atoms with Crippen molar-refractivity contribution >= 4 is 11.5 Å². The van der Waals surface area contributed by atoms with Crippen molar-refractivity contribution in [2.45, 2.75) is 6.54 Å². The van der Waals surface area contributed by atoms with Crippen LogP contribution in [-0.4, -0.2) is 41.3 Å². The molecule has 0 unspecified atom stereocenters. The van der Waals surface area contributed by atoms with Crippen LogP contribution < -0.4 is 10.2 Å². The van der Waals surface area contributed by atoms with E-state index in [9.17, 15) is 0 Å². The molecule has 1 aliphatic heterocycles. The van der Waals surface area contributed by atoms with Gasteiger partial charge in [-0.2, -0.15) is 0 Å². The van der Waals surface area contributed by atoms with Gasteiger partial charge in [-0.05, 0) is 12.1 Å². The fraction of sp³-hybridized carbons (Fsp3) is 0.357. The molecule has 3 rings (SSSR count). The molecule has 1 fully saturated rings. The highest BCUT2D eigenvalue weighted by molar-refractivity contribution is 5.49. The third-order valence-electron chi connectivity index (χ3n) is 3.19. The SMILES string of the molecule is c1ncc(CNc2ccc(N3CCOCC3)nc2)cn1. The minimum Gasteiger partial charge on any atom is -0.380 e. The van der Waals surface area contributed by atoms with E-state index in [1.54, 1.807) is 12.4 Å². The fourth-order valence-electron chi connectivity index (χ4n) is 2.10. The van der Waals surface area contributed by atoms with Gasteiger partial charge >= 0.3 is 0 Å². The summed E-state index contributed by atoms with van der Waals surface area (Å²) in [5.74, 6) is 1.00.